The van der Waals surface area contributed by atoms with Crippen molar-refractivity contribution in [3.05, 3.63) is 71.4 Å². The Balaban J connectivity index is 1.69. The van der Waals surface area contributed by atoms with Crippen LogP contribution in [-0.2, 0) is 6.54 Å². The largest absolute Gasteiger partial charge is 0.340 e. The zero-order valence-corrected chi connectivity index (χ0v) is 17.0. The summed E-state index contributed by atoms with van der Waals surface area (Å²) in [5, 5.41) is 4.06. The molecule has 142 valence electrons. The van der Waals surface area contributed by atoms with Gasteiger partial charge in [-0.1, -0.05) is 49.2 Å². The number of pyridine rings is 1. The minimum absolute atomic E-state index is 0.475. The highest BCUT2D eigenvalue weighted by molar-refractivity contribution is 6.35. The maximum absolute atomic E-state index is 6.49. The van der Waals surface area contributed by atoms with Crippen LogP contribution in [0.5, 0.6) is 0 Å². The molecular weight excluding hydrogens is 368 g/mol. The van der Waals surface area contributed by atoms with Crippen LogP contribution in [0.3, 0.4) is 0 Å². The first kappa shape index (κ1) is 18.5. The number of benzene rings is 2. The first-order valence-corrected chi connectivity index (χ1v) is 9.84. The average Bonchev–Trinajstić information content (AvgIpc) is 3.03. The maximum Gasteiger partial charge on any atom is 0.142 e. The molecule has 0 radical (unpaired) electrons. The molecule has 0 aliphatic rings. The van der Waals surface area contributed by atoms with Crippen LogP contribution in [0, 0.1) is 12.8 Å². The van der Waals surface area contributed by atoms with Gasteiger partial charge in [0.25, 0.3) is 0 Å². The van der Waals surface area contributed by atoms with Gasteiger partial charge in [-0.15, -0.1) is 0 Å². The third-order valence-corrected chi connectivity index (χ3v) is 4.92. The number of anilines is 2. The van der Waals surface area contributed by atoms with E-state index >= 15 is 0 Å². The highest BCUT2D eigenvalue weighted by Gasteiger charge is 2.16. The van der Waals surface area contributed by atoms with E-state index in [9.17, 15) is 0 Å². The molecule has 0 aliphatic carbocycles. The molecule has 0 bridgehead atoms. The van der Waals surface area contributed by atoms with E-state index in [-0.39, 0.29) is 0 Å². The number of para-hydroxylation sites is 1. The van der Waals surface area contributed by atoms with Gasteiger partial charge in [-0.05, 0) is 49.2 Å². The Morgan fingerprint density at radius 2 is 1.82 bits per heavy atom. The molecule has 0 amide bonds. The number of aryl methyl sites for hydroxylation is 1. The van der Waals surface area contributed by atoms with E-state index in [1.54, 1.807) is 0 Å². The number of imidazole rings is 1. The Bertz CT molecular complexity index is 1100. The molecule has 0 aliphatic heterocycles. The van der Waals surface area contributed by atoms with Crippen molar-refractivity contribution in [2.45, 2.75) is 27.3 Å². The summed E-state index contributed by atoms with van der Waals surface area (Å²) in [6.07, 6.45) is 1.86. The lowest BCUT2D eigenvalue weighted by molar-refractivity contribution is 0.536. The molecule has 4 rings (SSSR count). The Hall–Kier alpha value is -2.85. The van der Waals surface area contributed by atoms with Crippen molar-refractivity contribution >= 4 is 34.1 Å². The minimum Gasteiger partial charge on any atom is -0.340 e. The Morgan fingerprint density at radius 1 is 1.04 bits per heavy atom. The summed E-state index contributed by atoms with van der Waals surface area (Å²) in [4.78, 5) is 9.43. The van der Waals surface area contributed by atoms with E-state index in [1.165, 1.54) is 5.56 Å². The minimum atomic E-state index is 0.475. The lowest BCUT2D eigenvalue weighted by Crippen LogP contribution is -2.06. The van der Waals surface area contributed by atoms with E-state index in [4.69, 9.17) is 16.6 Å². The highest BCUT2D eigenvalue weighted by Crippen LogP contribution is 2.30. The maximum atomic E-state index is 6.49. The summed E-state index contributed by atoms with van der Waals surface area (Å²) in [6, 6.07) is 18.1. The first-order chi connectivity index (χ1) is 13.5. The number of halogens is 1. The smallest absolute Gasteiger partial charge is 0.142 e. The van der Waals surface area contributed by atoms with Gasteiger partial charge in [0, 0.05) is 24.0 Å². The molecule has 4 aromatic rings. The molecule has 0 saturated carbocycles. The zero-order chi connectivity index (χ0) is 19.7. The zero-order valence-electron chi connectivity index (χ0n) is 16.3. The monoisotopic (exact) mass is 390 g/mol. The number of aromatic nitrogens is 3. The van der Waals surface area contributed by atoms with Crippen molar-refractivity contribution in [1.29, 1.82) is 0 Å². The molecular formula is C23H23ClN4. The molecule has 4 nitrogen and oxygen atoms in total. The van der Waals surface area contributed by atoms with Gasteiger partial charge in [-0.2, -0.15) is 0 Å². The van der Waals surface area contributed by atoms with Crippen molar-refractivity contribution in [1.82, 2.24) is 14.5 Å². The van der Waals surface area contributed by atoms with Crippen molar-refractivity contribution < 1.29 is 0 Å². The summed E-state index contributed by atoms with van der Waals surface area (Å²) in [7, 11) is 0. The predicted octanol–water partition coefficient (Wildman–Crippen LogP) is 6.46. The number of hydrogen-bond acceptors (Lipinski definition) is 3. The van der Waals surface area contributed by atoms with E-state index in [1.807, 2.05) is 30.5 Å². The van der Waals surface area contributed by atoms with Gasteiger partial charge in [-0.25, -0.2) is 9.97 Å². The fourth-order valence-electron chi connectivity index (χ4n) is 3.29. The van der Waals surface area contributed by atoms with Crippen LogP contribution in [0.2, 0.25) is 5.02 Å². The predicted molar refractivity (Wildman–Crippen MR) is 117 cm³/mol. The highest BCUT2D eigenvalue weighted by atomic mass is 35.5. The molecule has 2 heterocycles. The van der Waals surface area contributed by atoms with Gasteiger partial charge in [0.05, 0.1) is 16.1 Å². The lowest BCUT2D eigenvalue weighted by Gasteiger charge is -2.13. The van der Waals surface area contributed by atoms with Crippen molar-refractivity contribution in [2.24, 2.45) is 5.92 Å². The summed E-state index contributed by atoms with van der Waals surface area (Å²) in [6.45, 7) is 7.31. The molecule has 0 spiro atoms. The molecule has 0 saturated heterocycles. The summed E-state index contributed by atoms with van der Waals surface area (Å²) >= 11 is 6.49. The fourth-order valence-corrected chi connectivity index (χ4v) is 3.56. The summed E-state index contributed by atoms with van der Waals surface area (Å²) < 4.78 is 2.20. The second-order valence-electron chi connectivity index (χ2n) is 7.47. The first-order valence-electron chi connectivity index (χ1n) is 9.46. The van der Waals surface area contributed by atoms with E-state index < -0.39 is 0 Å². The number of nitrogens with one attached hydrogen (secondary N) is 1. The van der Waals surface area contributed by atoms with Gasteiger partial charge in [0.2, 0.25) is 0 Å². The second-order valence-corrected chi connectivity index (χ2v) is 7.88. The number of nitrogens with zero attached hydrogens (tertiary/aromatic N) is 3. The van der Waals surface area contributed by atoms with Crippen LogP contribution in [0.15, 0.2) is 60.8 Å². The Kier molecular flexibility index (Phi) is 5.05. The summed E-state index contributed by atoms with van der Waals surface area (Å²) in [5.41, 5.74) is 5.11. The molecule has 28 heavy (non-hydrogen) atoms. The quantitative estimate of drug-likeness (QED) is 0.425. The Labute approximate surface area is 170 Å². The standard InChI is InChI=1S/C23H23ClN4/c1-15(2)14-28-22-19(24)5-4-6-20(22)27-23(28)17-9-12-21(25-13-17)26-18-10-7-16(3)8-11-18/h4-13,15H,14H2,1-3H3,(H,25,26). The van der Waals surface area contributed by atoms with Crippen molar-refractivity contribution in [3.8, 4) is 11.4 Å². The van der Waals surface area contributed by atoms with Crippen LogP contribution < -0.4 is 5.32 Å². The fraction of sp³-hybridized carbons (Fsp3) is 0.217. The number of hydrogen-bond donors (Lipinski definition) is 1. The summed E-state index contributed by atoms with van der Waals surface area (Å²) in [5.74, 6) is 2.17. The Morgan fingerprint density at radius 3 is 2.50 bits per heavy atom. The average molecular weight is 391 g/mol. The molecule has 0 atom stereocenters. The molecule has 0 fully saturated rings. The van der Waals surface area contributed by atoms with E-state index in [0.717, 1.165) is 45.5 Å². The van der Waals surface area contributed by atoms with Crippen molar-refractivity contribution in [3.63, 3.8) is 0 Å². The van der Waals surface area contributed by atoms with Crippen LogP contribution in [0.1, 0.15) is 19.4 Å². The van der Waals surface area contributed by atoms with Crippen LogP contribution in [0.25, 0.3) is 22.4 Å². The third-order valence-electron chi connectivity index (χ3n) is 4.61. The molecule has 2 aromatic heterocycles. The molecule has 5 heteroatoms. The van der Waals surface area contributed by atoms with Crippen LogP contribution in [0.4, 0.5) is 11.5 Å². The van der Waals surface area contributed by atoms with Crippen LogP contribution in [-0.4, -0.2) is 14.5 Å². The third kappa shape index (κ3) is 3.73. The molecule has 2 aromatic carbocycles. The van der Waals surface area contributed by atoms with E-state index in [2.05, 4.69) is 66.0 Å². The van der Waals surface area contributed by atoms with Gasteiger partial charge in [-0.3, -0.25) is 0 Å². The van der Waals surface area contributed by atoms with Gasteiger partial charge in [0.15, 0.2) is 0 Å². The molecule has 0 unspecified atom stereocenters. The van der Waals surface area contributed by atoms with Gasteiger partial charge >= 0.3 is 0 Å². The van der Waals surface area contributed by atoms with Gasteiger partial charge < -0.3 is 9.88 Å². The SMILES string of the molecule is Cc1ccc(Nc2ccc(-c3nc4cccc(Cl)c4n3CC(C)C)cn2)cc1. The normalized spacial score (nSPS) is 11.3. The lowest BCUT2D eigenvalue weighted by atomic mass is 10.2. The number of fused-ring (bicyclic) bond motifs is 1. The second kappa shape index (κ2) is 7.64. The number of rotatable bonds is 5. The topological polar surface area (TPSA) is 42.7 Å². The van der Waals surface area contributed by atoms with Crippen molar-refractivity contribution in [2.75, 3.05) is 5.32 Å². The van der Waals surface area contributed by atoms with Gasteiger partial charge in [0.1, 0.15) is 11.6 Å². The van der Waals surface area contributed by atoms with Crippen LogP contribution >= 0.6 is 11.6 Å². The molecule has 1 N–H and O–H groups in total. The van der Waals surface area contributed by atoms with E-state index in [0.29, 0.717) is 5.92 Å².